The normalized spacial score (nSPS) is 12.7. The highest BCUT2D eigenvalue weighted by Gasteiger charge is 2.12. The maximum Gasteiger partial charge on any atom is 0.387 e. The van der Waals surface area contributed by atoms with Crippen LogP contribution in [0.5, 0.6) is 5.75 Å². The van der Waals surface area contributed by atoms with Crippen LogP contribution < -0.4 is 4.74 Å². The average molecular weight is 349 g/mol. The third kappa shape index (κ3) is 4.26. The highest BCUT2D eigenvalue weighted by Crippen LogP contribution is 2.28. The van der Waals surface area contributed by atoms with Gasteiger partial charge in [0.15, 0.2) is 0 Å². The van der Waals surface area contributed by atoms with Crippen molar-refractivity contribution in [2.24, 2.45) is 0 Å². The van der Waals surface area contributed by atoms with Crippen LogP contribution in [0.3, 0.4) is 0 Å². The fourth-order valence-corrected chi connectivity index (χ4v) is 3.19. The van der Waals surface area contributed by atoms with E-state index < -0.39 is 12.7 Å². The van der Waals surface area contributed by atoms with Crippen molar-refractivity contribution in [2.45, 2.75) is 19.1 Å². The second-order valence-electron chi connectivity index (χ2n) is 3.88. The van der Waals surface area contributed by atoms with E-state index in [1.54, 1.807) is 12.1 Å². The summed E-state index contributed by atoms with van der Waals surface area (Å²) < 4.78 is 29.5. The van der Waals surface area contributed by atoms with Gasteiger partial charge in [-0.2, -0.15) is 8.78 Å². The number of thiophene rings is 1. The molecule has 0 aliphatic heterocycles. The van der Waals surface area contributed by atoms with Gasteiger partial charge in [-0.15, -0.1) is 11.3 Å². The molecular weight excluding hydrogens is 338 g/mol. The summed E-state index contributed by atoms with van der Waals surface area (Å²) in [4.78, 5) is 1.01. The predicted molar refractivity (Wildman–Crippen MR) is 73.8 cm³/mol. The fraction of sp³-hybridized carbons (Fsp3) is 0.231. The molecule has 1 heterocycles. The minimum Gasteiger partial charge on any atom is -0.435 e. The second kappa shape index (κ2) is 6.45. The molecule has 0 bridgehead atoms. The Kier molecular flexibility index (Phi) is 4.90. The van der Waals surface area contributed by atoms with Gasteiger partial charge in [-0.05, 0) is 45.8 Å². The first-order valence-electron chi connectivity index (χ1n) is 5.51. The van der Waals surface area contributed by atoms with E-state index in [0.29, 0.717) is 12.0 Å². The smallest absolute Gasteiger partial charge is 0.387 e. The molecule has 1 unspecified atom stereocenters. The van der Waals surface area contributed by atoms with E-state index in [4.69, 9.17) is 0 Å². The minimum atomic E-state index is -2.86. The van der Waals surface area contributed by atoms with E-state index in [1.807, 2.05) is 12.1 Å². The van der Waals surface area contributed by atoms with Crippen LogP contribution in [0.15, 0.2) is 40.2 Å². The largest absolute Gasteiger partial charge is 0.435 e. The van der Waals surface area contributed by atoms with Crippen LogP contribution in [-0.4, -0.2) is 11.7 Å². The standard InChI is InChI=1S/C13H11BrF2O2S/c14-12-5-4-10(19-12)7-11(17)8-2-1-3-9(6-8)18-13(15)16/h1-6,11,13,17H,7H2. The molecule has 1 aromatic heterocycles. The predicted octanol–water partition coefficient (Wildman–Crippen LogP) is 4.39. The first-order valence-corrected chi connectivity index (χ1v) is 7.12. The summed E-state index contributed by atoms with van der Waals surface area (Å²) in [6.07, 6.45) is -0.305. The molecule has 1 atom stereocenters. The number of hydrogen-bond acceptors (Lipinski definition) is 3. The van der Waals surface area contributed by atoms with Crippen LogP contribution >= 0.6 is 27.3 Å². The lowest BCUT2D eigenvalue weighted by atomic mass is 10.1. The van der Waals surface area contributed by atoms with Gasteiger partial charge in [0, 0.05) is 11.3 Å². The highest BCUT2D eigenvalue weighted by molar-refractivity contribution is 9.11. The van der Waals surface area contributed by atoms with Crippen LogP contribution in [0.2, 0.25) is 0 Å². The summed E-state index contributed by atoms with van der Waals surface area (Å²) in [5, 5.41) is 10.1. The van der Waals surface area contributed by atoms with E-state index in [0.717, 1.165) is 8.66 Å². The van der Waals surface area contributed by atoms with Crippen LogP contribution in [0.4, 0.5) is 8.78 Å². The molecule has 102 valence electrons. The number of aliphatic hydroxyl groups is 1. The number of alkyl halides is 2. The Balaban J connectivity index is 2.08. The Morgan fingerprint density at radius 2 is 2.05 bits per heavy atom. The lowest BCUT2D eigenvalue weighted by Gasteiger charge is -2.11. The summed E-state index contributed by atoms with van der Waals surface area (Å²) in [6.45, 7) is -2.86. The van der Waals surface area contributed by atoms with Crippen molar-refractivity contribution < 1.29 is 18.6 Å². The SMILES string of the molecule is OC(Cc1ccc(Br)s1)c1cccc(OC(F)F)c1. The van der Waals surface area contributed by atoms with E-state index in [2.05, 4.69) is 20.7 Å². The van der Waals surface area contributed by atoms with E-state index >= 15 is 0 Å². The van der Waals surface area contributed by atoms with E-state index in [-0.39, 0.29) is 5.75 Å². The molecule has 0 aliphatic rings. The highest BCUT2D eigenvalue weighted by atomic mass is 79.9. The molecule has 0 spiro atoms. The summed E-state index contributed by atoms with van der Waals surface area (Å²) in [5.41, 5.74) is 0.558. The molecule has 0 radical (unpaired) electrons. The van der Waals surface area contributed by atoms with E-state index in [1.165, 1.54) is 23.5 Å². The lowest BCUT2D eigenvalue weighted by molar-refractivity contribution is -0.0499. The zero-order chi connectivity index (χ0) is 13.8. The van der Waals surface area contributed by atoms with Gasteiger partial charge < -0.3 is 9.84 Å². The first kappa shape index (κ1) is 14.4. The molecule has 0 saturated carbocycles. The summed E-state index contributed by atoms with van der Waals surface area (Å²) in [7, 11) is 0. The number of hydrogen-bond donors (Lipinski definition) is 1. The molecule has 2 rings (SSSR count). The maximum atomic E-state index is 12.1. The molecule has 6 heteroatoms. The average Bonchev–Trinajstić information content (AvgIpc) is 2.74. The van der Waals surface area contributed by atoms with Crippen molar-refractivity contribution >= 4 is 27.3 Å². The van der Waals surface area contributed by atoms with Crippen LogP contribution in [0, 0.1) is 0 Å². The molecule has 1 aromatic carbocycles. The zero-order valence-corrected chi connectivity index (χ0v) is 12.1. The van der Waals surface area contributed by atoms with E-state index in [9.17, 15) is 13.9 Å². The quantitative estimate of drug-likeness (QED) is 0.868. The topological polar surface area (TPSA) is 29.5 Å². The monoisotopic (exact) mass is 348 g/mol. The third-order valence-corrected chi connectivity index (χ3v) is 4.14. The molecule has 19 heavy (non-hydrogen) atoms. The number of halogens is 3. The van der Waals surface area contributed by atoms with Crippen molar-refractivity contribution in [3.05, 3.63) is 50.6 Å². The first-order chi connectivity index (χ1) is 9.04. The molecule has 0 amide bonds. The summed E-state index contributed by atoms with van der Waals surface area (Å²) >= 11 is 4.88. The molecular formula is C13H11BrF2O2S. The number of ether oxygens (including phenoxy) is 1. The Morgan fingerprint density at radius 1 is 1.26 bits per heavy atom. The van der Waals surface area contributed by atoms with Crippen molar-refractivity contribution in [1.82, 2.24) is 0 Å². The molecule has 2 nitrogen and oxygen atoms in total. The Morgan fingerprint density at radius 3 is 2.68 bits per heavy atom. The molecule has 1 N–H and O–H groups in total. The van der Waals surface area contributed by atoms with Crippen molar-refractivity contribution in [3.8, 4) is 5.75 Å². The Labute approximate surface area is 121 Å². The fourth-order valence-electron chi connectivity index (χ4n) is 1.67. The van der Waals surface area contributed by atoms with Crippen molar-refractivity contribution in [1.29, 1.82) is 0 Å². The number of benzene rings is 1. The number of aliphatic hydroxyl groups excluding tert-OH is 1. The minimum absolute atomic E-state index is 0.0545. The Bertz CT molecular complexity index is 545. The van der Waals surface area contributed by atoms with Gasteiger partial charge in [0.2, 0.25) is 0 Å². The van der Waals surface area contributed by atoms with Gasteiger partial charge in [-0.1, -0.05) is 12.1 Å². The molecule has 0 fully saturated rings. The van der Waals surface area contributed by atoms with Gasteiger partial charge in [-0.3, -0.25) is 0 Å². The molecule has 0 aliphatic carbocycles. The van der Waals surface area contributed by atoms with Gasteiger partial charge in [-0.25, -0.2) is 0 Å². The third-order valence-electron chi connectivity index (χ3n) is 2.49. The molecule has 2 aromatic rings. The van der Waals surface area contributed by atoms with Crippen LogP contribution in [0.25, 0.3) is 0 Å². The number of rotatable bonds is 5. The van der Waals surface area contributed by atoms with Gasteiger partial charge >= 0.3 is 6.61 Å². The van der Waals surface area contributed by atoms with Crippen LogP contribution in [0.1, 0.15) is 16.5 Å². The summed E-state index contributed by atoms with van der Waals surface area (Å²) in [6, 6.07) is 9.95. The van der Waals surface area contributed by atoms with Gasteiger partial charge in [0.25, 0.3) is 0 Å². The van der Waals surface area contributed by atoms with Gasteiger partial charge in [0.05, 0.1) is 9.89 Å². The Hall–Kier alpha value is -0.980. The van der Waals surface area contributed by atoms with Crippen molar-refractivity contribution in [2.75, 3.05) is 0 Å². The second-order valence-corrected chi connectivity index (χ2v) is 6.42. The maximum absolute atomic E-state index is 12.1. The van der Waals surface area contributed by atoms with Crippen molar-refractivity contribution in [3.63, 3.8) is 0 Å². The summed E-state index contributed by atoms with van der Waals surface area (Å²) in [5.74, 6) is 0.0545. The lowest BCUT2D eigenvalue weighted by Crippen LogP contribution is -2.04. The zero-order valence-electron chi connectivity index (χ0n) is 9.72. The molecule has 0 saturated heterocycles. The van der Waals surface area contributed by atoms with Crippen LogP contribution in [-0.2, 0) is 6.42 Å². The van der Waals surface area contributed by atoms with Gasteiger partial charge in [0.1, 0.15) is 5.75 Å².